The van der Waals surface area contributed by atoms with Crippen molar-refractivity contribution in [1.82, 2.24) is 0 Å². The van der Waals surface area contributed by atoms with Gasteiger partial charge in [-0.05, 0) is 25.0 Å². The lowest BCUT2D eigenvalue weighted by Gasteiger charge is -2.27. The average Bonchev–Trinajstić information content (AvgIpc) is 2.53. The molecule has 2 N–H and O–H groups in total. The van der Waals surface area contributed by atoms with Crippen molar-refractivity contribution in [3.63, 3.8) is 0 Å². The van der Waals surface area contributed by atoms with E-state index < -0.39 is 24.5 Å². The Balaban J connectivity index is 2.57. The topological polar surface area (TPSA) is 85.3 Å². The van der Waals surface area contributed by atoms with Crippen molar-refractivity contribution in [3.05, 3.63) is 58.2 Å². The van der Waals surface area contributed by atoms with Crippen LogP contribution in [0.4, 0.5) is 13.2 Å². The Morgan fingerprint density at radius 2 is 2.12 bits per heavy atom. The Morgan fingerprint density at radius 3 is 2.69 bits per heavy atom. The molecule has 138 valence electrons. The van der Waals surface area contributed by atoms with Crippen LogP contribution in [0.25, 0.3) is 0 Å². The number of benzene rings is 1. The van der Waals surface area contributed by atoms with Crippen LogP contribution in [0.15, 0.2) is 47.1 Å². The van der Waals surface area contributed by atoms with E-state index in [-0.39, 0.29) is 35.0 Å². The molecule has 1 unspecified atom stereocenters. The summed E-state index contributed by atoms with van der Waals surface area (Å²) in [6.07, 6.45) is -5.50. The van der Waals surface area contributed by atoms with Gasteiger partial charge in [0.25, 0.3) is 0 Å². The smallest absolute Gasteiger partial charge is 0.393 e. The van der Waals surface area contributed by atoms with Gasteiger partial charge in [0.2, 0.25) is 5.88 Å². The Labute approximate surface area is 148 Å². The molecule has 0 spiro atoms. The van der Waals surface area contributed by atoms with Crippen molar-refractivity contribution < 1.29 is 27.4 Å². The van der Waals surface area contributed by atoms with E-state index in [0.717, 1.165) is 0 Å². The van der Waals surface area contributed by atoms with Crippen LogP contribution in [0.3, 0.4) is 0 Å². The van der Waals surface area contributed by atoms with Gasteiger partial charge in [0.1, 0.15) is 17.4 Å². The maximum atomic E-state index is 12.7. The molecule has 0 amide bonds. The van der Waals surface area contributed by atoms with Crippen LogP contribution in [-0.4, -0.2) is 18.8 Å². The Morgan fingerprint density at radius 1 is 1.42 bits per heavy atom. The van der Waals surface area contributed by atoms with Gasteiger partial charge in [-0.15, -0.1) is 0 Å². The molecule has 1 aliphatic heterocycles. The Hall–Kier alpha value is -2.95. The molecule has 0 fully saturated rings. The van der Waals surface area contributed by atoms with Gasteiger partial charge in [0, 0.05) is 0 Å². The SMILES string of the molecule is CCOC(=O)C1=C(C)OC(N)=C(C#N)C1c1cccc(CC(F)(F)F)c1. The minimum Gasteiger partial charge on any atom is -0.463 e. The van der Waals surface area contributed by atoms with Crippen LogP contribution in [0.5, 0.6) is 0 Å². The van der Waals surface area contributed by atoms with E-state index in [2.05, 4.69) is 0 Å². The molecule has 5 nitrogen and oxygen atoms in total. The maximum Gasteiger partial charge on any atom is 0.393 e. The monoisotopic (exact) mass is 366 g/mol. The molecular weight excluding hydrogens is 349 g/mol. The van der Waals surface area contributed by atoms with E-state index in [4.69, 9.17) is 15.2 Å². The van der Waals surface area contributed by atoms with Crippen molar-refractivity contribution in [2.45, 2.75) is 32.4 Å². The molecule has 1 aromatic rings. The summed E-state index contributed by atoms with van der Waals surface area (Å²) in [7, 11) is 0. The summed E-state index contributed by atoms with van der Waals surface area (Å²) < 4.78 is 48.4. The lowest BCUT2D eigenvalue weighted by molar-refractivity contribution is -0.139. The third-order valence-corrected chi connectivity index (χ3v) is 3.79. The first-order valence-corrected chi connectivity index (χ1v) is 7.79. The standard InChI is InChI=1S/C18H17F3N2O3/c1-3-25-17(24)14-10(2)26-16(23)13(9-22)15(14)12-6-4-5-11(7-12)8-18(19,20)21/h4-7,15H,3,8,23H2,1-2H3. The summed E-state index contributed by atoms with van der Waals surface area (Å²) >= 11 is 0. The lowest BCUT2D eigenvalue weighted by Crippen LogP contribution is -2.25. The fraction of sp³-hybridized carbons (Fsp3) is 0.333. The molecule has 0 saturated carbocycles. The van der Waals surface area contributed by atoms with E-state index in [0.29, 0.717) is 5.56 Å². The van der Waals surface area contributed by atoms with Crippen molar-refractivity contribution in [3.8, 4) is 6.07 Å². The van der Waals surface area contributed by atoms with Gasteiger partial charge in [-0.3, -0.25) is 0 Å². The number of rotatable bonds is 4. The van der Waals surface area contributed by atoms with Gasteiger partial charge < -0.3 is 15.2 Å². The first kappa shape index (κ1) is 19.4. The zero-order valence-electron chi connectivity index (χ0n) is 14.2. The first-order valence-electron chi connectivity index (χ1n) is 7.79. The highest BCUT2D eigenvalue weighted by atomic mass is 19.4. The summed E-state index contributed by atoms with van der Waals surface area (Å²) in [5.41, 5.74) is 6.09. The van der Waals surface area contributed by atoms with Crippen LogP contribution >= 0.6 is 0 Å². The normalized spacial score (nSPS) is 17.6. The van der Waals surface area contributed by atoms with E-state index in [9.17, 15) is 23.2 Å². The minimum atomic E-state index is -4.38. The zero-order chi connectivity index (χ0) is 19.5. The van der Waals surface area contributed by atoms with E-state index in [1.54, 1.807) is 6.92 Å². The summed E-state index contributed by atoms with van der Waals surface area (Å²) in [5.74, 6) is -1.71. The predicted molar refractivity (Wildman–Crippen MR) is 86.2 cm³/mol. The number of ether oxygens (including phenoxy) is 2. The number of allylic oxidation sites excluding steroid dienone is 2. The summed E-state index contributed by atoms with van der Waals surface area (Å²) in [6.45, 7) is 3.20. The molecule has 26 heavy (non-hydrogen) atoms. The average molecular weight is 366 g/mol. The third-order valence-electron chi connectivity index (χ3n) is 3.79. The molecule has 0 radical (unpaired) electrons. The second kappa shape index (κ2) is 7.52. The third kappa shape index (κ3) is 4.17. The van der Waals surface area contributed by atoms with Gasteiger partial charge in [0.05, 0.1) is 24.5 Å². The van der Waals surface area contributed by atoms with E-state index in [1.165, 1.54) is 31.2 Å². The van der Waals surface area contributed by atoms with Gasteiger partial charge in [-0.1, -0.05) is 24.3 Å². The molecule has 0 saturated heterocycles. The molecule has 0 bridgehead atoms. The van der Waals surface area contributed by atoms with Gasteiger partial charge in [-0.25, -0.2) is 4.79 Å². The molecular formula is C18H17F3N2O3. The highest BCUT2D eigenvalue weighted by Crippen LogP contribution is 2.40. The molecule has 2 rings (SSSR count). The van der Waals surface area contributed by atoms with Crippen molar-refractivity contribution in [1.29, 1.82) is 5.26 Å². The second-order valence-corrected chi connectivity index (χ2v) is 5.65. The predicted octanol–water partition coefficient (Wildman–Crippen LogP) is 3.44. The number of hydrogen-bond donors (Lipinski definition) is 1. The van der Waals surface area contributed by atoms with Gasteiger partial charge in [0.15, 0.2) is 0 Å². The number of carbonyl (C=O) groups excluding carboxylic acids is 1. The van der Waals surface area contributed by atoms with Gasteiger partial charge >= 0.3 is 12.1 Å². The number of halogens is 3. The number of nitriles is 1. The Bertz CT molecular complexity index is 820. The number of alkyl halides is 3. The second-order valence-electron chi connectivity index (χ2n) is 5.65. The highest BCUT2D eigenvalue weighted by molar-refractivity contribution is 5.92. The summed E-state index contributed by atoms with van der Waals surface area (Å²) in [5, 5.41) is 9.44. The Kier molecular flexibility index (Phi) is 5.60. The lowest BCUT2D eigenvalue weighted by atomic mass is 9.82. The first-order chi connectivity index (χ1) is 12.2. The molecule has 8 heteroatoms. The van der Waals surface area contributed by atoms with Crippen LogP contribution in [0.2, 0.25) is 0 Å². The number of nitrogens with two attached hydrogens (primary N) is 1. The zero-order valence-corrected chi connectivity index (χ0v) is 14.2. The van der Waals surface area contributed by atoms with Crippen LogP contribution in [0.1, 0.15) is 30.9 Å². The fourth-order valence-electron chi connectivity index (χ4n) is 2.80. The number of esters is 1. The van der Waals surface area contributed by atoms with Crippen LogP contribution < -0.4 is 5.73 Å². The molecule has 1 heterocycles. The maximum absolute atomic E-state index is 12.7. The summed E-state index contributed by atoms with van der Waals surface area (Å²) in [4.78, 5) is 12.4. The van der Waals surface area contributed by atoms with E-state index in [1.807, 2.05) is 6.07 Å². The quantitative estimate of drug-likeness (QED) is 0.825. The molecule has 1 atom stereocenters. The van der Waals surface area contributed by atoms with E-state index >= 15 is 0 Å². The van der Waals surface area contributed by atoms with Gasteiger partial charge in [-0.2, -0.15) is 18.4 Å². The van der Waals surface area contributed by atoms with Crippen LogP contribution in [-0.2, 0) is 20.7 Å². The summed E-state index contributed by atoms with van der Waals surface area (Å²) in [6, 6.07) is 7.49. The van der Waals surface area contributed by atoms with Crippen molar-refractivity contribution in [2.24, 2.45) is 5.73 Å². The number of carbonyl (C=O) groups is 1. The fourth-order valence-corrected chi connectivity index (χ4v) is 2.80. The molecule has 0 aromatic heterocycles. The number of hydrogen-bond acceptors (Lipinski definition) is 5. The van der Waals surface area contributed by atoms with Crippen LogP contribution in [0, 0.1) is 11.3 Å². The number of nitrogens with zero attached hydrogens (tertiary/aromatic N) is 1. The largest absolute Gasteiger partial charge is 0.463 e. The van der Waals surface area contributed by atoms with Crippen molar-refractivity contribution >= 4 is 5.97 Å². The molecule has 1 aromatic carbocycles. The highest BCUT2D eigenvalue weighted by Gasteiger charge is 2.36. The minimum absolute atomic E-state index is 0.0122. The molecule has 0 aliphatic carbocycles. The van der Waals surface area contributed by atoms with Crippen molar-refractivity contribution in [2.75, 3.05) is 6.61 Å². The molecule has 1 aliphatic rings.